The molecule has 3 N–H and O–H groups in total. The van der Waals surface area contributed by atoms with Crippen molar-refractivity contribution in [3.63, 3.8) is 0 Å². The average Bonchev–Trinajstić information content (AvgIpc) is 2.97. The molecule has 2 atom stereocenters. The number of aryl methyl sites for hydroxylation is 1. The normalized spacial score (nSPS) is 27.2. The quantitative estimate of drug-likeness (QED) is 0.807. The van der Waals surface area contributed by atoms with Crippen LogP contribution >= 0.6 is 0 Å². The number of nitrogens with two attached hydrogens (primary N) is 1. The van der Waals surface area contributed by atoms with Crippen molar-refractivity contribution in [3.05, 3.63) is 11.8 Å². The van der Waals surface area contributed by atoms with Gasteiger partial charge >= 0.3 is 0 Å². The van der Waals surface area contributed by atoms with Crippen LogP contribution in [0, 0.1) is 0 Å². The Morgan fingerprint density at radius 3 is 3.05 bits per heavy atom. The van der Waals surface area contributed by atoms with E-state index in [1.54, 1.807) is 7.05 Å². The van der Waals surface area contributed by atoms with Gasteiger partial charge in [-0.1, -0.05) is 0 Å². The monoisotopic (exact) mass is 263 g/mol. The summed E-state index contributed by atoms with van der Waals surface area (Å²) in [5.41, 5.74) is 6.31. The van der Waals surface area contributed by atoms with Crippen LogP contribution < -0.4 is 11.1 Å². The Labute approximate surface area is 112 Å². The minimum atomic E-state index is -0.0953. The second kappa shape index (κ2) is 4.85. The van der Waals surface area contributed by atoms with Crippen molar-refractivity contribution in [3.8, 4) is 0 Å². The first kappa shape index (κ1) is 12.5. The number of piperidine rings is 1. The first-order valence-corrected chi connectivity index (χ1v) is 6.97. The molecule has 3 rings (SSSR count). The van der Waals surface area contributed by atoms with Crippen molar-refractivity contribution in [2.45, 2.75) is 37.8 Å². The highest BCUT2D eigenvalue weighted by Crippen LogP contribution is 2.27. The number of amides is 1. The molecule has 19 heavy (non-hydrogen) atoms. The Hall–Kier alpha value is -1.56. The molecular weight excluding hydrogens is 242 g/mol. The summed E-state index contributed by atoms with van der Waals surface area (Å²) in [6, 6.07) is 0.928. The number of aromatic nitrogens is 2. The maximum Gasteiger partial charge on any atom is 0.256 e. The highest BCUT2D eigenvalue weighted by Gasteiger charge is 2.32. The molecule has 1 amide bonds. The van der Waals surface area contributed by atoms with E-state index in [4.69, 9.17) is 5.73 Å². The van der Waals surface area contributed by atoms with Crippen LogP contribution in [0.15, 0.2) is 6.20 Å². The maximum absolute atomic E-state index is 12.2. The number of nitrogens with one attached hydrogen (secondary N) is 1. The number of nitrogen functional groups attached to an aromatic ring is 1. The van der Waals surface area contributed by atoms with Gasteiger partial charge in [-0.25, -0.2) is 0 Å². The van der Waals surface area contributed by atoms with Gasteiger partial charge < -0.3 is 16.0 Å². The van der Waals surface area contributed by atoms with Crippen LogP contribution in [0.2, 0.25) is 0 Å². The molecule has 2 aliphatic heterocycles. The van der Waals surface area contributed by atoms with Gasteiger partial charge in [-0.3, -0.25) is 9.48 Å². The van der Waals surface area contributed by atoms with Crippen molar-refractivity contribution >= 4 is 11.7 Å². The van der Waals surface area contributed by atoms with E-state index in [9.17, 15) is 4.79 Å². The first-order valence-electron chi connectivity index (χ1n) is 6.97. The fraction of sp³-hybridized carbons (Fsp3) is 0.692. The van der Waals surface area contributed by atoms with Gasteiger partial charge in [0.1, 0.15) is 11.4 Å². The fourth-order valence-electron chi connectivity index (χ4n) is 3.24. The van der Waals surface area contributed by atoms with E-state index < -0.39 is 0 Å². The number of fused-ring (bicyclic) bond motifs is 1. The lowest BCUT2D eigenvalue weighted by Crippen LogP contribution is -2.47. The number of rotatable bonds is 2. The third-order valence-corrected chi connectivity index (χ3v) is 4.38. The van der Waals surface area contributed by atoms with E-state index >= 15 is 0 Å². The van der Waals surface area contributed by atoms with Crippen LogP contribution in [-0.2, 0) is 7.05 Å². The van der Waals surface area contributed by atoms with Crippen LogP contribution in [-0.4, -0.2) is 45.8 Å². The van der Waals surface area contributed by atoms with E-state index in [1.807, 2.05) is 0 Å². The lowest BCUT2D eigenvalue weighted by molar-refractivity contribution is 0.0897. The van der Waals surface area contributed by atoms with E-state index in [0.29, 0.717) is 17.4 Å². The minimum Gasteiger partial charge on any atom is -0.383 e. The molecule has 0 bridgehead atoms. The number of hydrogen-bond donors (Lipinski definition) is 2. The van der Waals surface area contributed by atoms with Crippen LogP contribution in [0.3, 0.4) is 0 Å². The number of anilines is 1. The maximum atomic E-state index is 12.2. The molecule has 6 nitrogen and oxygen atoms in total. The molecule has 0 saturated carbocycles. The van der Waals surface area contributed by atoms with Crippen molar-refractivity contribution in [2.24, 2.45) is 7.05 Å². The summed E-state index contributed by atoms with van der Waals surface area (Å²) in [5.74, 6) is 0.331. The minimum absolute atomic E-state index is 0.0953. The zero-order valence-corrected chi connectivity index (χ0v) is 11.3. The van der Waals surface area contributed by atoms with Gasteiger partial charge in [-0.05, 0) is 32.2 Å². The molecule has 2 saturated heterocycles. The summed E-state index contributed by atoms with van der Waals surface area (Å²) in [4.78, 5) is 14.7. The summed E-state index contributed by atoms with van der Waals surface area (Å²) >= 11 is 0. The smallest absolute Gasteiger partial charge is 0.256 e. The molecule has 0 aliphatic carbocycles. The predicted octanol–water partition coefficient (Wildman–Crippen LogP) is 0.359. The lowest BCUT2D eigenvalue weighted by atomic mass is 9.97. The number of nitrogens with zero attached hydrogens (tertiary/aromatic N) is 3. The van der Waals surface area contributed by atoms with Crippen molar-refractivity contribution < 1.29 is 4.79 Å². The van der Waals surface area contributed by atoms with Crippen LogP contribution in [0.4, 0.5) is 5.82 Å². The van der Waals surface area contributed by atoms with E-state index in [2.05, 4.69) is 15.3 Å². The molecule has 2 unspecified atom stereocenters. The molecule has 0 radical (unpaired) electrons. The van der Waals surface area contributed by atoms with E-state index in [0.717, 1.165) is 19.4 Å². The van der Waals surface area contributed by atoms with Crippen molar-refractivity contribution in [2.75, 3.05) is 18.8 Å². The Morgan fingerprint density at radius 1 is 1.47 bits per heavy atom. The fourth-order valence-corrected chi connectivity index (χ4v) is 3.24. The Morgan fingerprint density at radius 2 is 2.32 bits per heavy atom. The van der Waals surface area contributed by atoms with Crippen molar-refractivity contribution in [1.29, 1.82) is 0 Å². The first-order chi connectivity index (χ1) is 9.15. The van der Waals surface area contributed by atoms with Gasteiger partial charge in [-0.15, -0.1) is 0 Å². The largest absolute Gasteiger partial charge is 0.383 e. The van der Waals surface area contributed by atoms with E-state index in [-0.39, 0.29) is 11.9 Å². The van der Waals surface area contributed by atoms with Gasteiger partial charge in [0.15, 0.2) is 0 Å². The average molecular weight is 263 g/mol. The molecule has 1 aromatic heterocycles. The topological polar surface area (TPSA) is 76.2 Å². The summed E-state index contributed by atoms with van der Waals surface area (Å²) in [6.45, 7) is 2.32. The summed E-state index contributed by atoms with van der Waals surface area (Å²) < 4.78 is 1.52. The zero-order chi connectivity index (χ0) is 13.4. The standard InChI is InChI=1S/C13H21N5O/c1-17-12(14)11(8-15-17)13(19)16-9-4-6-18-5-2-3-10(18)7-9/h8-10H,2-7,14H2,1H3,(H,16,19). The molecule has 1 aromatic rings. The summed E-state index contributed by atoms with van der Waals surface area (Å²) in [7, 11) is 1.74. The molecule has 104 valence electrons. The number of carbonyl (C=O) groups is 1. The molecule has 2 aliphatic rings. The van der Waals surface area contributed by atoms with Crippen molar-refractivity contribution in [1.82, 2.24) is 20.0 Å². The molecule has 3 heterocycles. The van der Waals surface area contributed by atoms with Gasteiger partial charge in [0.25, 0.3) is 5.91 Å². The highest BCUT2D eigenvalue weighted by atomic mass is 16.1. The SMILES string of the molecule is Cn1ncc(C(=O)NC2CCN3CCCC3C2)c1N. The highest BCUT2D eigenvalue weighted by molar-refractivity contribution is 5.98. The second-order valence-corrected chi connectivity index (χ2v) is 5.59. The van der Waals surface area contributed by atoms with Gasteiger partial charge in [-0.2, -0.15) is 5.10 Å². The zero-order valence-electron chi connectivity index (χ0n) is 11.3. The molecule has 0 aromatic carbocycles. The summed E-state index contributed by atoms with van der Waals surface area (Å²) in [6.07, 6.45) is 6.19. The van der Waals surface area contributed by atoms with Crippen LogP contribution in [0.25, 0.3) is 0 Å². The lowest BCUT2D eigenvalue weighted by Gasteiger charge is -2.35. The Balaban J connectivity index is 1.62. The Kier molecular flexibility index (Phi) is 3.18. The third-order valence-electron chi connectivity index (χ3n) is 4.38. The molecule has 2 fully saturated rings. The third kappa shape index (κ3) is 2.32. The molecule has 0 spiro atoms. The number of hydrogen-bond acceptors (Lipinski definition) is 4. The second-order valence-electron chi connectivity index (χ2n) is 5.59. The van der Waals surface area contributed by atoms with Crippen LogP contribution in [0.1, 0.15) is 36.0 Å². The van der Waals surface area contributed by atoms with Crippen LogP contribution in [0.5, 0.6) is 0 Å². The van der Waals surface area contributed by atoms with Gasteiger partial charge in [0, 0.05) is 25.7 Å². The number of carbonyl (C=O) groups excluding carboxylic acids is 1. The van der Waals surface area contributed by atoms with E-state index in [1.165, 1.54) is 30.3 Å². The van der Waals surface area contributed by atoms with Gasteiger partial charge in [0.05, 0.1) is 6.20 Å². The Bertz CT molecular complexity index is 483. The molecule has 6 heteroatoms. The van der Waals surface area contributed by atoms with Gasteiger partial charge in [0.2, 0.25) is 0 Å². The predicted molar refractivity (Wildman–Crippen MR) is 72.7 cm³/mol. The molecular formula is C13H21N5O. The summed E-state index contributed by atoms with van der Waals surface area (Å²) in [5, 5.41) is 7.11.